The largest absolute Gasteiger partial charge is 0.285 e. The molecule has 0 radical (unpaired) electrons. The number of nitrogens with zero attached hydrogens (tertiary/aromatic N) is 1. The lowest BCUT2D eigenvalue weighted by molar-refractivity contribution is -0.884. The molecule has 0 bridgehead atoms. The highest BCUT2D eigenvalue weighted by Crippen LogP contribution is 2.33. The van der Waals surface area contributed by atoms with Gasteiger partial charge in [0.2, 0.25) is 6.20 Å². The summed E-state index contributed by atoms with van der Waals surface area (Å²) in [6.07, 6.45) is 6.29. The van der Waals surface area contributed by atoms with Crippen LogP contribution in [0.3, 0.4) is 0 Å². The van der Waals surface area contributed by atoms with Crippen molar-refractivity contribution in [3.05, 3.63) is 47.7 Å². The van der Waals surface area contributed by atoms with E-state index in [0.29, 0.717) is 0 Å². The fourth-order valence-electron chi connectivity index (χ4n) is 2.29. The van der Waals surface area contributed by atoms with Gasteiger partial charge in [-0.25, -0.2) is 0 Å². The van der Waals surface area contributed by atoms with E-state index in [0.717, 1.165) is 11.9 Å². The standard InChI is InChI=1S/C14H14NO/c1-10-8-9-15(16)13-7-3-6-12(14(10)13)11-4-2-5-11/h3-4,6-9,16H,2,5H2,1H3/q+1. The summed E-state index contributed by atoms with van der Waals surface area (Å²) in [7, 11) is 0. The molecule has 80 valence electrons. The van der Waals surface area contributed by atoms with Crippen LogP contribution < -0.4 is 4.73 Å². The van der Waals surface area contributed by atoms with Crippen LogP contribution in [-0.4, -0.2) is 5.21 Å². The van der Waals surface area contributed by atoms with Gasteiger partial charge in [0.1, 0.15) is 0 Å². The molecular weight excluding hydrogens is 198 g/mol. The second kappa shape index (κ2) is 3.34. The van der Waals surface area contributed by atoms with E-state index < -0.39 is 0 Å². The highest BCUT2D eigenvalue weighted by Gasteiger charge is 2.17. The van der Waals surface area contributed by atoms with Gasteiger partial charge in [0.15, 0.2) is 0 Å². The van der Waals surface area contributed by atoms with Gasteiger partial charge in [-0.15, -0.1) is 0 Å². The maximum Gasteiger partial charge on any atom is 0.265 e. The van der Waals surface area contributed by atoms with Crippen molar-refractivity contribution in [2.75, 3.05) is 0 Å². The van der Waals surface area contributed by atoms with Crippen molar-refractivity contribution in [1.29, 1.82) is 0 Å². The first-order valence-corrected chi connectivity index (χ1v) is 5.60. The van der Waals surface area contributed by atoms with Gasteiger partial charge in [0.05, 0.1) is 5.39 Å². The maximum absolute atomic E-state index is 9.79. The van der Waals surface area contributed by atoms with Gasteiger partial charge >= 0.3 is 0 Å². The van der Waals surface area contributed by atoms with Crippen molar-refractivity contribution in [2.45, 2.75) is 19.8 Å². The van der Waals surface area contributed by atoms with E-state index >= 15 is 0 Å². The predicted octanol–water partition coefficient (Wildman–Crippen LogP) is 2.85. The van der Waals surface area contributed by atoms with Gasteiger partial charge in [-0.2, -0.15) is 0 Å². The average Bonchev–Trinajstić information content (AvgIpc) is 2.21. The van der Waals surface area contributed by atoms with Gasteiger partial charge < -0.3 is 0 Å². The molecule has 2 aromatic rings. The molecule has 1 N–H and O–H groups in total. The summed E-state index contributed by atoms with van der Waals surface area (Å²) in [5.41, 5.74) is 4.76. The van der Waals surface area contributed by atoms with Gasteiger partial charge in [-0.3, -0.25) is 5.21 Å². The number of pyridine rings is 1. The molecule has 2 nitrogen and oxygen atoms in total. The predicted molar refractivity (Wildman–Crippen MR) is 63.3 cm³/mol. The lowest BCUT2D eigenvalue weighted by atomic mass is 9.88. The molecule has 16 heavy (non-hydrogen) atoms. The topological polar surface area (TPSA) is 24.1 Å². The summed E-state index contributed by atoms with van der Waals surface area (Å²) in [6, 6.07) is 8.04. The molecule has 0 atom stereocenters. The zero-order valence-corrected chi connectivity index (χ0v) is 9.27. The van der Waals surface area contributed by atoms with Crippen LogP contribution in [0.25, 0.3) is 16.5 Å². The summed E-state index contributed by atoms with van der Waals surface area (Å²) < 4.78 is 1.20. The third-order valence-corrected chi connectivity index (χ3v) is 3.30. The molecule has 0 aliphatic heterocycles. The van der Waals surface area contributed by atoms with Gasteiger partial charge in [-0.1, -0.05) is 18.2 Å². The van der Waals surface area contributed by atoms with Crippen LogP contribution in [0, 0.1) is 6.92 Å². The van der Waals surface area contributed by atoms with Crippen molar-refractivity contribution in [3.8, 4) is 0 Å². The van der Waals surface area contributed by atoms with E-state index in [1.165, 1.54) is 33.2 Å². The number of rotatable bonds is 1. The van der Waals surface area contributed by atoms with Gasteiger partial charge in [0.25, 0.3) is 5.52 Å². The molecule has 3 rings (SSSR count). The Morgan fingerprint density at radius 1 is 1.25 bits per heavy atom. The molecule has 2 heteroatoms. The van der Waals surface area contributed by atoms with E-state index in [1.807, 2.05) is 18.2 Å². The normalized spacial score (nSPS) is 14.7. The SMILES string of the molecule is Cc1cc[n+](O)c2cccc(C3=CCC3)c12. The first kappa shape index (κ1) is 9.40. The third-order valence-electron chi connectivity index (χ3n) is 3.30. The van der Waals surface area contributed by atoms with Gasteiger partial charge in [-0.05, 0) is 36.5 Å². The average molecular weight is 212 g/mol. The number of benzene rings is 1. The smallest absolute Gasteiger partial charge is 0.265 e. The zero-order valence-electron chi connectivity index (χ0n) is 9.27. The van der Waals surface area contributed by atoms with Crippen molar-refractivity contribution in [3.63, 3.8) is 0 Å². The van der Waals surface area contributed by atoms with Crippen LogP contribution in [0.4, 0.5) is 0 Å². The first-order valence-electron chi connectivity index (χ1n) is 5.60. The zero-order chi connectivity index (χ0) is 11.1. The van der Waals surface area contributed by atoms with Crippen molar-refractivity contribution >= 4 is 16.5 Å². The van der Waals surface area contributed by atoms with Gasteiger partial charge in [0, 0.05) is 16.9 Å². The number of fused-ring (bicyclic) bond motifs is 1. The summed E-state index contributed by atoms with van der Waals surface area (Å²) in [4.78, 5) is 0. The van der Waals surface area contributed by atoms with Crippen LogP contribution in [0.2, 0.25) is 0 Å². The fraction of sp³-hybridized carbons (Fsp3) is 0.214. The van der Waals surface area contributed by atoms with Crippen LogP contribution in [0.15, 0.2) is 36.5 Å². The van der Waals surface area contributed by atoms with Crippen LogP contribution >= 0.6 is 0 Å². The van der Waals surface area contributed by atoms with Crippen molar-refractivity contribution < 1.29 is 9.94 Å². The Labute approximate surface area is 94.4 Å². The van der Waals surface area contributed by atoms with Crippen LogP contribution in [0.1, 0.15) is 24.0 Å². The van der Waals surface area contributed by atoms with Crippen molar-refractivity contribution in [2.24, 2.45) is 0 Å². The number of aromatic nitrogens is 1. The van der Waals surface area contributed by atoms with E-state index in [2.05, 4.69) is 19.1 Å². The van der Waals surface area contributed by atoms with Crippen LogP contribution in [-0.2, 0) is 0 Å². The number of hydrogen-bond donors (Lipinski definition) is 1. The molecule has 0 unspecified atom stereocenters. The van der Waals surface area contributed by atoms with E-state index in [9.17, 15) is 5.21 Å². The Morgan fingerprint density at radius 2 is 2.06 bits per heavy atom. The molecule has 1 aliphatic carbocycles. The summed E-state index contributed by atoms with van der Waals surface area (Å²) in [5.74, 6) is 0. The maximum atomic E-state index is 9.79. The molecule has 0 fully saturated rings. The molecule has 0 saturated carbocycles. The monoisotopic (exact) mass is 212 g/mol. The first-order chi connectivity index (χ1) is 7.77. The quantitative estimate of drug-likeness (QED) is 0.570. The second-order valence-corrected chi connectivity index (χ2v) is 4.31. The molecule has 1 aliphatic rings. The molecule has 1 aromatic carbocycles. The van der Waals surface area contributed by atoms with E-state index in [-0.39, 0.29) is 0 Å². The molecule has 1 heterocycles. The highest BCUT2D eigenvalue weighted by atomic mass is 16.5. The minimum absolute atomic E-state index is 0.880. The minimum Gasteiger partial charge on any atom is -0.285 e. The number of hydrogen-bond acceptors (Lipinski definition) is 1. The Morgan fingerprint density at radius 3 is 2.75 bits per heavy atom. The molecule has 1 aromatic heterocycles. The Hall–Kier alpha value is -1.83. The minimum atomic E-state index is 0.880. The molecule has 0 spiro atoms. The van der Waals surface area contributed by atoms with E-state index in [1.54, 1.807) is 6.20 Å². The fourth-order valence-corrected chi connectivity index (χ4v) is 2.29. The molecular formula is C14H14NO+. The molecule has 0 saturated heterocycles. The highest BCUT2D eigenvalue weighted by molar-refractivity contribution is 5.93. The lowest BCUT2D eigenvalue weighted by Gasteiger charge is -2.16. The Balaban J connectivity index is 2.41. The lowest BCUT2D eigenvalue weighted by Crippen LogP contribution is -2.30. The Kier molecular flexibility index (Phi) is 1.96. The van der Waals surface area contributed by atoms with E-state index in [4.69, 9.17) is 0 Å². The van der Waals surface area contributed by atoms with Crippen molar-refractivity contribution in [1.82, 2.24) is 0 Å². The third kappa shape index (κ3) is 1.23. The second-order valence-electron chi connectivity index (χ2n) is 4.31. The number of allylic oxidation sites excluding steroid dienone is 2. The number of aryl methyl sites for hydroxylation is 1. The van der Waals surface area contributed by atoms with Crippen LogP contribution in [0.5, 0.6) is 0 Å². The summed E-state index contributed by atoms with van der Waals surface area (Å²) in [6.45, 7) is 2.09. The Bertz CT molecular complexity index is 599. The summed E-state index contributed by atoms with van der Waals surface area (Å²) in [5, 5.41) is 11.0. The molecule has 0 amide bonds. The summed E-state index contributed by atoms with van der Waals surface area (Å²) >= 11 is 0.